The molecule has 0 atom stereocenters. The number of thiazole rings is 1. The summed E-state index contributed by atoms with van der Waals surface area (Å²) in [4.78, 5) is 25.9. The van der Waals surface area contributed by atoms with Crippen molar-refractivity contribution in [1.82, 2.24) is 14.6 Å². The Hall–Kier alpha value is -1.94. The van der Waals surface area contributed by atoms with Gasteiger partial charge in [-0.1, -0.05) is 4.49 Å². The second kappa shape index (κ2) is 4.51. The Labute approximate surface area is 103 Å². The van der Waals surface area contributed by atoms with Crippen LogP contribution < -0.4 is 5.32 Å². The van der Waals surface area contributed by atoms with E-state index in [4.69, 9.17) is 0 Å². The average molecular weight is 271 g/mol. The molecular formula is C7H5N5O3S2. The van der Waals surface area contributed by atoms with Crippen LogP contribution in [0.4, 0.5) is 10.1 Å². The summed E-state index contributed by atoms with van der Waals surface area (Å²) >= 11 is 1.89. The van der Waals surface area contributed by atoms with Crippen LogP contribution in [0.15, 0.2) is 6.20 Å². The van der Waals surface area contributed by atoms with E-state index < -0.39 is 10.8 Å². The summed E-state index contributed by atoms with van der Waals surface area (Å²) in [6.07, 6.45) is 1.09. The molecule has 2 heterocycles. The summed E-state index contributed by atoms with van der Waals surface area (Å²) in [6, 6.07) is 0. The van der Waals surface area contributed by atoms with Crippen LogP contribution in [0, 0.1) is 17.0 Å². The zero-order chi connectivity index (χ0) is 12.4. The number of anilines is 1. The Morgan fingerprint density at radius 1 is 1.59 bits per heavy atom. The van der Waals surface area contributed by atoms with Gasteiger partial charge in [0.2, 0.25) is 0 Å². The number of amides is 1. The number of hydrogen-bond donors (Lipinski definition) is 1. The molecule has 0 spiro atoms. The Balaban J connectivity index is 2.13. The summed E-state index contributed by atoms with van der Waals surface area (Å²) in [5, 5.41) is 16.5. The molecule has 0 radical (unpaired) electrons. The molecule has 88 valence electrons. The molecule has 1 N–H and O–H groups in total. The molecule has 0 saturated heterocycles. The third-order valence-electron chi connectivity index (χ3n) is 1.76. The third-order valence-corrected chi connectivity index (χ3v) is 3.26. The van der Waals surface area contributed by atoms with Crippen LogP contribution >= 0.6 is 22.9 Å². The number of nitro groups is 1. The summed E-state index contributed by atoms with van der Waals surface area (Å²) in [5.74, 6) is -0.472. The highest BCUT2D eigenvalue weighted by Gasteiger charge is 2.17. The first-order valence-corrected chi connectivity index (χ1v) is 5.87. The first-order valence-electron chi connectivity index (χ1n) is 4.28. The van der Waals surface area contributed by atoms with Gasteiger partial charge in [0.15, 0.2) is 10.8 Å². The molecule has 1 amide bonds. The van der Waals surface area contributed by atoms with Crippen LogP contribution in [0.1, 0.15) is 15.4 Å². The average Bonchev–Trinajstić information content (AvgIpc) is 2.86. The number of nitrogens with one attached hydrogen (secondary N) is 1. The number of carbonyl (C=O) groups is 1. The van der Waals surface area contributed by atoms with Crippen LogP contribution in [-0.2, 0) is 0 Å². The molecule has 2 aromatic rings. The van der Waals surface area contributed by atoms with Gasteiger partial charge in [-0.2, -0.15) is 0 Å². The molecule has 8 nitrogen and oxygen atoms in total. The number of aryl methyl sites for hydroxylation is 1. The topological polar surface area (TPSA) is 111 Å². The highest BCUT2D eigenvalue weighted by molar-refractivity contribution is 7.18. The van der Waals surface area contributed by atoms with Gasteiger partial charge in [-0.25, -0.2) is 4.98 Å². The number of nitrogens with zero attached hydrogens (tertiary/aromatic N) is 4. The minimum absolute atomic E-state index is 0.131. The van der Waals surface area contributed by atoms with E-state index in [1.165, 1.54) is 0 Å². The maximum atomic E-state index is 11.7. The van der Waals surface area contributed by atoms with Gasteiger partial charge in [0.25, 0.3) is 5.91 Å². The summed E-state index contributed by atoms with van der Waals surface area (Å²) in [5.41, 5.74) is 0.202. The number of rotatable bonds is 3. The highest BCUT2D eigenvalue weighted by atomic mass is 32.1. The predicted octanol–water partition coefficient (Wildman–Crippen LogP) is 1.46. The minimum Gasteiger partial charge on any atom is -0.296 e. The highest BCUT2D eigenvalue weighted by Crippen LogP contribution is 2.25. The number of hydrogen-bond acceptors (Lipinski definition) is 8. The molecule has 0 aliphatic heterocycles. The second-order valence-corrected chi connectivity index (χ2v) is 4.86. The van der Waals surface area contributed by atoms with E-state index in [2.05, 4.69) is 19.9 Å². The molecule has 2 rings (SSSR count). The fraction of sp³-hybridized carbons (Fsp3) is 0.143. The molecule has 0 fully saturated rings. The van der Waals surface area contributed by atoms with Gasteiger partial charge in [-0.3, -0.25) is 20.2 Å². The summed E-state index contributed by atoms with van der Waals surface area (Å²) in [6.45, 7) is 1.71. The van der Waals surface area contributed by atoms with Crippen molar-refractivity contribution in [3.63, 3.8) is 0 Å². The molecule has 0 aromatic carbocycles. The smallest absolute Gasteiger partial charge is 0.296 e. The normalized spacial score (nSPS) is 10.2. The van der Waals surface area contributed by atoms with Crippen molar-refractivity contribution >= 4 is 38.9 Å². The Morgan fingerprint density at radius 2 is 2.35 bits per heavy atom. The Bertz CT molecular complexity index is 578. The van der Waals surface area contributed by atoms with E-state index in [1.54, 1.807) is 6.92 Å². The Morgan fingerprint density at radius 3 is 2.88 bits per heavy atom. The lowest BCUT2D eigenvalue weighted by Gasteiger charge is -1.96. The zero-order valence-electron chi connectivity index (χ0n) is 8.41. The fourth-order valence-corrected chi connectivity index (χ4v) is 2.10. The summed E-state index contributed by atoms with van der Waals surface area (Å²) < 4.78 is 3.62. The largest absolute Gasteiger partial charge is 0.345 e. The van der Waals surface area contributed by atoms with E-state index in [1.807, 2.05) is 0 Å². The lowest BCUT2D eigenvalue weighted by molar-refractivity contribution is -0.380. The molecule has 0 saturated carbocycles. The van der Waals surface area contributed by atoms with Gasteiger partial charge in [0.05, 0.1) is 9.80 Å². The molecule has 0 aliphatic rings. The van der Waals surface area contributed by atoms with E-state index in [9.17, 15) is 14.9 Å². The van der Waals surface area contributed by atoms with Crippen molar-refractivity contribution in [3.8, 4) is 0 Å². The van der Waals surface area contributed by atoms with E-state index in [0.717, 1.165) is 29.1 Å². The molecule has 10 heteroatoms. The fourth-order valence-electron chi connectivity index (χ4n) is 1.01. The lowest BCUT2D eigenvalue weighted by Crippen LogP contribution is -2.13. The molecule has 0 aliphatic carbocycles. The van der Waals surface area contributed by atoms with Crippen molar-refractivity contribution in [1.29, 1.82) is 0 Å². The molecule has 0 bridgehead atoms. The standard InChI is InChI=1S/C7H5N5O3S2/c1-3-5(10-11-17-3)6(13)9-7-8-2-4(16-7)12(14)15/h2H,1H3,(H,8,9,13). The number of aromatic nitrogens is 3. The maximum absolute atomic E-state index is 11.7. The van der Waals surface area contributed by atoms with E-state index in [-0.39, 0.29) is 15.8 Å². The molecule has 0 unspecified atom stereocenters. The van der Waals surface area contributed by atoms with Gasteiger partial charge in [0, 0.05) is 0 Å². The van der Waals surface area contributed by atoms with Gasteiger partial charge in [0.1, 0.15) is 6.20 Å². The van der Waals surface area contributed by atoms with E-state index in [0.29, 0.717) is 4.88 Å². The van der Waals surface area contributed by atoms with Crippen LogP contribution in [-0.4, -0.2) is 25.4 Å². The summed E-state index contributed by atoms with van der Waals surface area (Å²) in [7, 11) is 0. The van der Waals surface area contributed by atoms with Crippen LogP contribution in [0.25, 0.3) is 0 Å². The minimum atomic E-state index is -0.566. The van der Waals surface area contributed by atoms with Crippen LogP contribution in [0.2, 0.25) is 0 Å². The molecular weight excluding hydrogens is 266 g/mol. The van der Waals surface area contributed by atoms with E-state index >= 15 is 0 Å². The number of carbonyl (C=O) groups excluding carboxylic acids is 1. The first-order chi connectivity index (χ1) is 8.08. The van der Waals surface area contributed by atoms with Crippen molar-refractivity contribution in [2.45, 2.75) is 6.92 Å². The SMILES string of the molecule is Cc1snnc1C(=O)Nc1ncc([N+](=O)[O-])s1. The zero-order valence-corrected chi connectivity index (χ0v) is 10.0. The van der Waals surface area contributed by atoms with Crippen molar-refractivity contribution in [3.05, 3.63) is 26.9 Å². The van der Waals surface area contributed by atoms with Crippen LogP contribution in [0.3, 0.4) is 0 Å². The molecule has 2 aromatic heterocycles. The first kappa shape index (κ1) is 11.5. The maximum Gasteiger partial charge on any atom is 0.345 e. The van der Waals surface area contributed by atoms with Crippen LogP contribution in [0.5, 0.6) is 0 Å². The van der Waals surface area contributed by atoms with Crippen molar-refractivity contribution in [2.75, 3.05) is 5.32 Å². The van der Waals surface area contributed by atoms with Gasteiger partial charge in [-0.05, 0) is 29.8 Å². The molecule has 17 heavy (non-hydrogen) atoms. The Kier molecular flexibility index (Phi) is 3.06. The quantitative estimate of drug-likeness (QED) is 0.668. The lowest BCUT2D eigenvalue weighted by atomic mass is 10.4. The van der Waals surface area contributed by atoms with Gasteiger partial charge >= 0.3 is 5.00 Å². The van der Waals surface area contributed by atoms with Crippen molar-refractivity contribution < 1.29 is 9.72 Å². The predicted molar refractivity (Wildman–Crippen MR) is 61.4 cm³/mol. The monoisotopic (exact) mass is 271 g/mol. The second-order valence-electron chi connectivity index (χ2n) is 2.89. The van der Waals surface area contributed by atoms with Crippen molar-refractivity contribution in [2.24, 2.45) is 0 Å². The van der Waals surface area contributed by atoms with Gasteiger partial charge in [-0.15, -0.1) is 5.10 Å². The van der Waals surface area contributed by atoms with Gasteiger partial charge < -0.3 is 0 Å². The third kappa shape index (κ3) is 2.42.